The topological polar surface area (TPSA) is 38.3 Å². The van der Waals surface area contributed by atoms with E-state index in [0.29, 0.717) is 12.6 Å². The van der Waals surface area contributed by atoms with Crippen LogP contribution in [0.2, 0.25) is 0 Å². The number of carbonyl (C=O) groups excluding carboxylic acids is 1. The smallest absolute Gasteiger partial charge is 0.384 e. The second-order valence-electron chi connectivity index (χ2n) is 2.45. The average molecular weight is 153 g/mol. The summed E-state index contributed by atoms with van der Waals surface area (Å²) < 4.78 is 4.33. The van der Waals surface area contributed by atoms with Crippen LogP contribution >= 0.6 is 0 Å². The average Bonchev–Trinajstić information content (AvgIpc) is 2.81. The molecule has 0 aliphatic heterocycles. The molecule has 11 heavy (non-hydrogen) atoms. The maximum absolute atomic E-state index is 10.4. The highest BCUT2D eigenvalue weighted by molar-refractivity contribution is 5.88. The minimum atomic E-state index is -0.470. The van der Waals surface area contributed by atoms with Crippen molar-refractivity contribution >= 4 is 5.97 Å². The van der Waals surface area contributed by atoms with Gasteiger partial charge in [-0.15, -0.1) is 0 Å². The number of methoxy groups -OCH3 is 1. The van der Waals surface area contributed by atoms with Crippen molar-refractivity contribution in [3.05, 3.63) is 0 Å². The van der Waals surface area contributed by atoms with Gasteiger partial charge < -0.3 is 10.1 Å². The fraction of sp³-hybridized carbons (Fsp3) is 0.625. The van der Waals surface area contributed by atoms with Gasteiger partial charge in [0.1, 0.15) is 0 Å². The molecule has 1 N–H and O–H groups in total. The zero-order chi connectivity index (χ0) is 8.10. The van der Waals surface area contributed by atoms with Gasteiger partial charge in [0.05, 0.1) is 13.7 Å². The van der Waals surface area contributed by atoms with Gasteiger partial charge in [-0.3, -0.25) is 0 Å². The summed E-state index contributed by atoms with van der Waals surface area (Å²) in [4.78, 5) is 10.4. The van der Waals surface area contributed by atoms with E-state index >= 15 is 0 Å². The lowest BCUT2D eigenvalue weighted by Crippen LogP contribution is -2.16. The van der Waals surface area contributed by atoms with E-state index in [-0.39, 0.29) is 0 Å². The van der Waals surface area contributed by atoms with Crippen LogP contribution in [0.4, 0.5) is 0 Å². The third kappa shape index (κ3) is 3.64. The molecule has 0 heterocycles. The van der Waals surface area contributed by atoms with Crippen LogP contribution in [0.1, 0.15) is 12.8 Å². The van der Waals surface area contributed by atoms with Gasteiger partial charge in [-0.25, -0.2) is 4.79 Å². The summed E-state index contributed by atoms with van der Waals surface area (Å²) in [6, 6.07) is 0.641. The maximum Gasteiger partial charge on any atom is 0.384 e. The molecule has 0 radical (unpaired) electrons. The minimum Gasteiger partial charge on any atom is -0.459 e. The monoisotopic (exact) mass is 153 g/mol. The first-order valence-electron chi connectivity index (χ1n) is 3.63. The Hall–Kier alpha value is -1.01. The zero-order valence-electron chi connectivity index (χ0n) is 6.52. The molecular weight excluding hydrogens is 142 g/mol. The maximum atomic E-state index is 10.4. The summed E-state index contributed by atoms with van der Waals surface area (Å²) in [5.74, 6) is 4.54. The molecule has 1 aliphatic carbocycles. The summed E-state index contributed by atoms with van der Waals surface area (Å²) >= 11 is 0. The van der Waals surface area contributed by atoms with Crippen molar-refractivity contribution in [2.45, 2.75) is 18.9 Å². The predicted octanol–water partition coefficient (Wildman–Crippen LogP) is -0.0852. The van der Waals surface area contributed by atoms with E-state index in [9.17, 15) is 4.79 Å². The molecule has 1 fully saturated rings. The van der Waals surface area contributed by atoms with Gasteiger partial charge in [-0.1, -0.05) is 5.92 Å². The van der Waals surface area contributed by atoms with E-state index in [1.807, 2.05) is 0 Å². The normalized spacial score (nSPS) is 15.0. The molecular formula is C8H11NO2. The molecule has 3 nitrogen and oxygen atoms in total. The van der Waals surface area contributed by atoms with Crippen LogP contribution in [0.5, 0.6) is 0 Å². The van der Waals surface area contributed by atoms with Crippen molar-refractivity contribution in [2.24, 2.45) is 0 Å². The molecule has 0 aromatic rings. The van der Waals surface area contributed by atoms with Gasteiger partial charge in [0.2, 0.25) is 0 Å². The fourth-order valence-corrected chi connectivity index (χ4v) is 0.650. The molecule has 0 amide bonds. The number of carbonyl (C=O) groups is 1. The van der Waals surface area contributed by atoms with Crippen LogP contribution in [0.3, 0.4) is 0 Å². The second kappa shape index (κ2) is 3.99. The molecule has 0 saturated heterocycles. The Kier molecular flexibility index (Phi) is 2.94. The Labute approximate surface area is 66.1 Å². The van der Waals surface area contributed by atoms with Gasteiger partial charge in [-0.05, 0) is 12.8 Å². The SMILES string of the molecule is COC(=O)C#CCNC1CC1. The highest BCUT2D eigenvalue weighted by Crippen LogP contribution is 2.17. The van der Waals surface area contributed by atoms with Crippen LogP contribution in [0.15, 0.2) is 0 Å². The van der Waals surface area contributed by atoms with Gasteiger partial charge in [0, 0.05) is 12.0 Å². The van der Waals surface area contributed by atoms with Crippen LogP contribution in [0.25, 0.3) is 0 Å². The molecule has 0 aromatic carbocycles. The second-order valence-corrected chi connectivity index (χ2v) is 2.45. The molecule has 60 valence electrons. The number of hydrogen-bond donors (Lipinski definition) is 1. The third-order valence-corrected chi connectivity index (χ3v) is 1.43. The molecule has 0 atom stereocenters. The van der Waals surface area contributed by atoms with Crippen molar-refractivity contribution in [1.29, 1.82) is 0 Å². The number of esters is 1. The number of ether oxygens (including phenoxy) is 1. The Morgan fingerprint density at radius 2 is 2.45 bits per heavy atom. The van der Waals surface area contributed by atoms with E-state index in [1.54, 1.807) is 0 Å². The van der Waals surface area contributed by atoms with E-state index < -0.39 is 5.97 Å². The lowest BCUT2D eigenvalue weighted by Gasteiger charge is -1.91. The summed E-state index contributed by atoms with van der Waals surface area (Å²) in [6.45, 7) is 0.583. The van der Waals surface area contributed by atoms with E-state index in [1.165, 1.54) is 20.0 Å². The molecule has 1 aliphatic rings. The van der Waals surface area contributed by atoms with E-state index in [2.05, 4.69) is 21.9 Å². The molecule has 3 heteroatoms. The van der Waals surface area contributed by atoms with Gasteiger partial charge in [0.15, 0.2) is 0 Å². The van der Waals surface area contributed by atoms with Gasteiger partial charge >= 0.3 is 5.97 Å². The standard InChI is InChI=1S/C8H11NO2/c1-11-8(10)3-2-6-9-7-4-5-7/h7,9H,4-6H2,1H3. The first kappa shape index (κ1) is 8.09. The molecule has 0 unspecified atom stereocenters. The van der Waals surface area contributed by atoms with Crippen molar-refractivity contribution in [3.8, 4) is 11.8 Å². The van der Waals surface area contributed by atoms with Crippen LogP contribution in [-0.4, -0.2) is 25.7 Å². The lowest BCUT2D eigenvalue weighted by molar-refractivity contribution is -0.133. The molecule has 0 aromatic heterocycles. The summed E-state index contributed by atoms with van der Waals surface area (Å²) in [7, 11) is 1.32. The lowest BCUT2D eigenvalue weighted by atomic mass is 10.5. The summed E-state index contributed by atoms with van der Waals surface area (Å²) in [5.41, 5.74) is 0. The highest BCUT2D eigenvalue weighted by atomic mass is 16.5. The first-order valence-corrected chi connectivity index (χ1v) is 3.63. The highest BCUT2D eigenvalue weighted by Gasteiger charge is 2.19. The molecule has 0 bridgehead atoms. The van der Waals surface area contributed by atoms with Crippen molar-refractivity contribution in [2.75, 3.05) is 13.7 Å². The zero-order valence-corrected chi connectivity index (χ0v) is 6.52. The minimum absolute atomic E-state index is 0.470. The molecule has 1 saturated carbocycles. The first-order chi connectivity index (χ1) is 5.33. The van der Waals surface area contributed by atoms with E-state index in [0.717, 1.165) is 0 Å². The Morgan fingerprint density at radius 1 is 1.73 bits per heavy atom. The number of rotatable bonds is 2. The molecule has 1 rings (SSSR count). The van der Waals surface area contributed by atoms with E-state index in [4.69, 9.17) is 0 Å². The van der Waals surface area contributed by atoms with Gasteiger partial charge in [0.25, 0.3) is 0 Å². The largest absolute Gasteiger partial charge is 0.459 e. The Morgan fingerprint density at radius 3 is 3.00 bits per heavy atom. The van der Waals surface area contributed by atoms with Gasteiger partial charge in [-0.2, -0.15) is 0 Å². The third-order valence-electron chi connectivity index (χ3n) is 1.43. The summed E-state index contributed by atoms with van der Waals surface area (Å²) in [5, 5.41) is 3.15. The Bertz CT molecular complexity index is 198. The van der Waals surface area contributed by atoms with Crippen molar-refractivity contribution in [3.63, 3.8) is 0 Å². The van der Waals surface area contributed by atoms with Crippen LogP contribution in [0, 0.1) is 11.8 Å². The van der Waals surface area contributed by atoms with Crippen molar-refractivity contribution < 1.29 is 9.53 Å². The summed E-state index contributed by atoms with van der Waals surface area (Å²) in [6.07, 6.45) is 2.47. The number of nitrogens with one attached hydrogen (secondary N) is 1. The predicted molar refractivity (Wildman–Crippen MR) is 40.8 cm³/mol. The van der Waals surface area contributed by atoms with Crippen molar-refractivity contribution in [1.82, 2.24) is 5.32 Å². The molecule has 0 spiro atoms. The fourth-order valence-electron chi connectivity index (χ4n) is 0.650. The van der Waals surface area contributed by atoms with Crippen LogP contribution in [-0.2, 0) is 9.53 Å². The number of hydrogen-bond acceptors (Lipinski definition) is 3. The Balaban J connectivity index is 2.05. The van der Waals surface area contributed by atoms with Crippen LogP contribution < -0.4 is 5.32 Å². The quantitative estimate of drug-likeness (QED) is 0.342.